The molecule has 0 aliphatic rings. The number of aromatic carboxylic acids is 1. The van der Waals surface area contributed by atoms with Gasteiger partial charge in [0.1, 0.15) is 0 Å². The number of pyridine rings is 1. The first kappa shape index (κ1) is 9.93. The van der Waals surface area contributed by atoms with Crippen LogP contribution in [0.5, 0.6) is 0 Å². The second-order valence-corrected chi connectivity index (χ2v) is 2.58. The Morgan fingerprint density at radius 2 is 2.43 bits per heavy atom. The number of carboxylic acid groups (broad SMARTS) is 1. The van der Waals surface area contributed by atoms with Crippen molar-refractivity contribution in [2.75, 3.05) is 0 Å². The average molecular weight is 188 g/mol. The number of hydrogen-bond donors (Lipinski definition) is 1. The van der Waals surface area contributed by atoms with Crippen LogP contribution in [0, 0.1) is 11.3 Å². The lowest BCUT2D eigenvalue weighted by atomic mass is 10.2. The highest BCUT2D eigenvalue weighted by Crippen LogP contribution is 2.05. The largest absolute Gasteiger partial charge is 0.478 e. The Morgan fingerprint density at radius 3 is 3.07 bits per heavy atom. The van der Waals surface area contributed by atoms with Gasteiger partial charge in [-0.05, 0) is 11.6 Å². The van der Waals surface area contributed by atoms with Gasteiger partial charge in [0.25, 0.3) is 0 Å². The van der Waals surface area contributed by atoms with Gasteiger partial charge in [-0.2, -0.15) is 5.26 Å². The summed E-state index contributed by atoms with van der Waals surface area (Å²) >= 11 is 0. The molecule has 0 aromatic carbocycles. The zero-order valence-electron chi connectivity index (χ0n) is 7.34. The third kappa shape index (κ3) is 2.72. The molecule has 1 aromatic rings. The monoisotopic (exact) mass is 188 g/mol. The van der Waals surface area contributed by atoms with Crippen LogP contribution in [0.25, 0.3) is 6.08 Å². The van der Waals surface area contributed by atoms with Crippen molar-refractivity contribution in [3.05, 3.63) is 35.7 Å². The topological polar surface area (TPSA) is 74.0 Å². The van der Waals surface area contributed by atoms with Crippen molar-refractivity contribution in [2.45, 2.75) is 6.42 Å². The number of aromatic nitrogens is 1. The second kappa shape index (κ2) is 4.77. The molecule has 1 rings (SSSR count). The van der Waals surface area contributed by atoms with E-state index >= 15 is 0 Å². The van der Waals surface area contributed by atoms with Gasteiger partial charge in [0.05, 0.1) is 18.1 Å². The fourth-order valence-corrected chi connectivity index (χ4v) is 0.914. The molecule has 0 atom stereocenters. The first-order valence-electron chi connectivity index (χ1n) is 3.96. The van der Waals surface area contributed by atoms with Gasteiger partial charge < -0.3 is 5.11 Å². The van der Waals surface area contributed by atoms with Crippen LogP contribution in [0.3, 0.4) is 0 Å². The predicted octanol–water partition coefficient (Wildman–Crippen LogP) is 1.71. The van der Waals surface area contributed by atoms with E-state index in [0.29, 0.717) is 12.0 Å². The summed E-state index contributed by atoms with van der Waals surface area (Å²) in [4.78, 5) is 14.3. The highest BCUT2D eigenvalue weighted by Gasteiger charge is 2.01. The van der Waals surface area contributed by atoms with Crippen molar-refractivity contribution in [1.82, 2.24) is 4.98 Å². The van der Waals surface area contributed by atoms with Gasteiger partial charge in [0.2, 0.25) is 0 Å². The minimum atomic E-state index is -1.01. The summed E-state index contributed by atoms with van der Waals surface area (Å²) < 4.78 is 0. The van der Waals surface area contributed by atoms with Crippen molar-refractivity contribution >= 4 is 12.0 Å². The van der Waals surface area contributed by atoms with Crippen LogP contribution < -0.4 is 0 Å². The molecule has 0 fully saturated rings. The number of carbonyl (C=O) groups is 1. The van der Waals surface area contributed by atoms with Crippen LogP contribution in [0.4, 0.5) is 0 Å². The van der Waals surface area contributed by atoms with Gasteiger partial charge in [-0.3, -0.25) is 4.98 Å². The maximum absolute atomic E-state index is 10.6. The van der Waals surface area contributed by atoms with Gasteiger partial charge >= 0.3 is 5.97 Å². The lowest BCUT2D eigenvalue weighted by molar-refractivity contribution is 0.0696. The van der Waals surface area contributed by atoms with Crippen molar-refractivity contribution in [3.63, 3.8) is 0 Å². The summed E-state index contributed by atoms with van der Waals surface area (Å²) in [6, 6.07) is 3.45. The van der Waals surface area contributed by atoms with Gasteiger partial charge in [0, 0.05) is 12.4 Å². The molecular weight excluding hydrogens is 180 g/mol. The maximum Gasteiger partial charge on any atom is 0.337 e. The Bertz CT molecular complexity index is 405. The first-order valence-corrected chi connectivity index (χ1v) is 3.96. The minimum Gasteiger partial charge on any atom is -0.478 e. The highest BCUT2D eigenvalue weighted by molar-refractivity contribution is 5.87. The molecular formula is C10H8N2O2. The molecule has 1 heterocycles. The fourth-order valence-electron chi connectivity index (χ4n) is 0.914. The Balaban J connectivity index is 2.85. The van der Waals surface area contributed by atoms with Gasteiger partial charge in [-0.1, -0.05) is 12.2 Å². The van der Waals surface area contributed by atoms with Crippen molar-refractivity contribution in [3.8, 4) is 6.07 Å². The van der Waals surface area contributed by atoms with E-state index in [1.807, 2.05) is 6.07 Å². The molecule has 1 aromatic heterocycles. The molecule has 1 N–H and O–H groups in total. The summed E-state index contributed by atoms with van der Waals surface area (Å²) in [7, 11) is 0. The standard InChI is InChI=1S/C10H8N2O2/c11-4-2-1-3-8-5-9(10(13)14)7-12-6-8/h1,3,5-7H,2H2,(H,13,14). The SMILES string of the molecule is N#CCC=Cc1cncc(C(=O)O)c1. The summed E-state index contributed by atoms with van der Waals surface area (Å²) in [6.45, 7) is 0. The molecule has 0 aliphatic heterocycles. The summed E-state index contributed by atoms with van der Waals surface area (Å²) in [5, 5.41) is 16.9. The number of nitrogens with zero attached hydrogens (tertiary/aromatic N) is 2. The van der Waals surface area contributed by atoms with E-state index in [9.17, 15) is 4.79 Å². The predicted molar refractivity (Wildman–Crippen MR) is 50.5 cm³/mol. The van der Waals surface area contributed by atoms with E-state index in [0.717, 1.165) is 0 Å². The fraction of sp³-hybridized carbons (Fsp3) is 0.100. The molecule has 4 heteroatoms. The highest BCUT2D eigenvalue weighted by atomic mass is 16.4. The molecule has 0 saturated heterocycles. The molecule has 0 aliphatic carbocycles. The van der Waals surface area contributed by atoms with Crippen LogP contribution in [0.2, 0.25) is 0 Å². The van der Waals surface area contributed by atoms with Crippen LogP contribution >= 0.6 is 0 Å². The zero-order chi connectivity index (χ0) is 10.4. The van der Waals surface area contributed by atoms with E-state index < -0.39 is 5.97 Å². The second-order valence-electron chi connectivity index (χ2n) is 2.58. The third-order valence-electron chi connectivity index (χ3n) is 1.53. The molecule has 4 nitrogen and oxygen atoms in total. The number of carboxylic acids is 1. The van der Waals surface area contributed by atoms with E-state index in [1.165, 1.54) is 12.3 Å². The summed E-state index contributed by atoms with van der Waals surface area (Å²) in [5.41, 5.74) is 0.823. The Kier molecular flexibility index (Phi) is 3.39. The quantitative estimate of drug-likeness (QED) is 0.783. The zero-order valence-corrected chi connectivity index (χ0v) is 7.34. The van der Waals surface area contributed by atoms with Crippen LogP contribution in [0.1, 0.15) is 22.3 Å². The Morgan fingerprint density at radius 1 is 1.64 bits per heavy atom. The Hall–Kier alpha value is -2.15. The normalized spacial score (nSPS) is 9.93. The minimum absolute atomic E-state index is 0.143. The molecule has 0 radical (unpaired) electrons. The van der Waals surface area contributed by atoms with E-state index in [2.05, 4.69) is 4.98 Å². The van der Waals surface area contributed by atoms with Crippen molar-refractivity contribution < 1.29 is 9.90 Å². The van der Waals surface area contributed by atoms with Crippen LogP contribution in [-0.4, -0.2) is 16.1 Å². The number of nitriles is 1. The molecule has 0 unspecified atom stereocenters. The molecule has 0 bridgehead atoms. The number of hydrogen-bond acceptors (Lipinski definition) is 3. The van der Waals surface area contributed by atoms with E-state index in [4.69, 9.17) is 10.4 Å². The van der Waals surface area contributed by atoms with Crippen molar-refractivity contribution in [2.24, 2.45) is 0 Å². The smallest absolute Gasteiger partial charge is 0.337 e. The van der Waals surface area contributed by atoms with E-state index in [-0.39, 0.29) is 5.56 Å². The molecule has 0 spiro atoms. The number of allylic oxidation sites excluding steroid dienone is 1. The summed E-state index contributed by atoms with van der Waals surface area (Å²) in [6.07, 6.45) is 6.45. The average Bonchev–Trinajstić information content (AvgIpc) is 2.19. The molecule has 0 saturated carbocycles. The van der Waals surface area contributed by atoms with Gasteiger partial charge in [0.15, 0.2) is 0 Å². The van der Waals surface area contributed by atoms with Crippen LogP contribution in [-0.2, 0) is 0 Å². The number of rotatable bonds is 3. The maximum atomic E-state index is 10.6. The van der Waals surface area contributed by atoms with Gasteiger partial charge in [-0.25, -0.2) is 4.79 Å². The lowest BCUT2D eigenvalue weighted by Gasteiger charge is -1.94. The summed E-state index contributed by atoms with van der Waals surface area (Å²) in [5.74, 6) is -1.01. The van der Waals surface area contributed by atoms with Crippen molar-refractivity contribution in [1.29, 1.82) is 5.26 Å². The van der Waals surface area contributed by atoms with Crippen LogP contribution in [0.15, 0.2) is 24.5 Å². The molecule has 70 valence electrons. The van der Waals surface area contributed by atoms with Gasteiger partial charge in [-0.15, -0.1) is 0 Å². The Labute approximate surface area is 81.1 Å². The van der Waals surface area contributed by atoms with E-state index in [1.54, 1.807) is 18.3 Å². The lowest BCUT2D eigenvalue weighted by Crippen LogP contribution is -1.96. The third-order valence-corrected chi connectivity index (χ3v) is 1.53. The molecule has 0 amide bonds. The first-order chi connectivity index (χ1) is 6.74. The molecule has 14 heavy (non-hydrogen) atoms.